The highest BCUT2D eigenvalue weighted by molar-refractivity contribution is 7.99. The van der Waals surface area contributed by atoms with Crippen LogP contribution in [0.3, 0.4) is 0 Å². The Balaban J connectivity index is 1.41. The van der Waals surface area contributed by atoms with Crippen molar-refractivity contribution in [3.8, 4) is 22.8 Å². The number of hydrogen-bond donors (Lipinski definition) is 1. The Labute approximate surface area is 197 Å². The summed E-state index contributed by atoms with van der Waals surface area (Å²) in [7, 11) is 1.65. The maximum absolute atomic E-state index is 12.2. The van der Waals surface area contributed by atoms with Crippen LogP contribution in [0.2, 0.25) is 0 Å². The number of aromatic nitrogens is 4. The molecular weight excluding hydrogens is 434 g/mol. The van der Waals surface area contributed by atoms with Crippen LogP contribution in [0.1, 0.15) is 18.5 Å². The third kappa shape index (κ3) is 5.98. The summed E-state index contributed by atoms with van der Waals surface area (Å²) >= 11 is 1.59. The molecule has 8 heteroatoms. The molecule has 0 saturated heterocycles. The summed E-state index contributed by atoms with van der Waals surface area (Å²) in [6.07, 6.45) is 2.90. The Hall–Kier alpha value is -3.65. The van der Waals surface area contributed by atoms with Gasteiger partial charge in [-0.25, -0.2) is 0 Å². The topological polar surface area (TPSA) is 81.9 Å². The fraction of sp³-hybridized carbons (Fsp3) is 0.200. The quantitative estimate of drug-likeness (QED) is 0.277. The Kier molecular flexibility index (Phi) is 7.71. The number of thioether (sulfide) groups is 1. The molecule has 0 saturated carbocycles. The van der Waals surface area contributed by atoms with Crippen molar-refractivity contribution in [1.82, 2.24) is 25.1 Å². The van der Waals surface area contributed by atoms with Crippen LogP contribution < -0.4 is 10.1 Å². The maximum Gasteiger partial charge on any atom is 0.220 e. The molecule has 33 heavy (non-hydrogen) atoms. The van der Waals surface area contributed by atoms with Crippen molar-refractivity contribution in [2.24, 2.45) is 0 Å². The van der Waals surface area contributed by atoms with E-state index in [2.05, 4.69) is 20.5 Å². The van der Waals surface area contributed by atoms with Crippen molar-refractivity contribution in [2.45, 2.75) is 24.5 Å². The molecule has 1 N–H and O–H groups in total. The molecule has 1 amide bonds. The minimum Gasteiger partial charge on any atom is -0.497 e. The molecule has 7 nitrogen and oxygen atoms in total. The van der Waals surface area contributed by atoms with E-state index in [9.17, 15) is 4.79 Å². The lowest BCUT2D eigenvalue weighted by molar-refractivity contribution is -0.121. The SMILES string of the molecule is COc1cccc(-c2nnc(SCCCC(=O)NCc3ccccn3)n2-c2ccccc2)c1. The number of nitrogens with one attached hydrogen (secondary N) is 1. The van der Waals surface area contributed by atoms with E-state index in [4.69, 9.17) is 4.74 Å². The second-order valence-corrected chi connectivity index (χ2v) is 8.32. The van der Waals surface area contributed by atoms with Gasteiger partial charge in [-0.3, -0.25) is 14.3 Å². The average molecular weight is 460 g/mol. The fourth-order valence-electron chi connectivity index (χ4n) is 3.30. The second-order valence-electron chi connectivity index (χ2n) is 7.26. The van der Waals surface area contributed by atoms with Crippen molar-refractivity contribution < 1.29 is 9.53 Å². The highest BCUT2D eigenvalue weighted by Gasteiger charge is 2.16. The first-order chi connectivity index (χ1) is 16.2. The minimum atomic E-state index is 0.0165. The molecule has 0 aliphatic heterocycles. The van der Waals surface area contributed by atoms with Gasteiger partial charge in [0.15, 0.2) is 11.0 Å². The van der Waals surface area contributed by atoms with E-state index in [1.54, 1.807) is 25.1 Å². The summed E-state index contributed by atoms with van der Waals surface area (Å²) in [6, 6.07) is 23.5. The van der Waals surface area contributed by atoms with Crippen molar-refractivity contribution in [1.29, 1.82) is 0 Å². The lowest BCUT2D eigenvalue weighted by Crippen LogP contribution is -2.22. The lowest BCUT2D eigenvalue weighted by atomic mass is 10.2. The number of methoxy groups -OCH3 is 1. The van der Waals surface area contributed by atoms with Crippen LogP contribution in [-0.2, 0) is 11.3 Å². The molecule has 2 aromatic carbocycles. The molecule has 0 bridgehead atoms. The van der Waals surface area contributed by atoms with Crippen LogP contribution in [0, 0.1) is 0 Å². The minimum absolute atomic E-state index is 0.0165. The third-order valence-corrected chi connectivity index (χ3v) is 5.96. The predicted molar refractivity (Wildman–Crippen MR) is 129 cm³/mol. The first kappa shape index (κ1) is 22.5. The Bertz CT molecular complexity index is 1180. The number of carbonyl (C=O) groups excluding carboxylic acids is 1. The maximum atomic E-state index is 12.2. The molecule has 2 aromatic heterocycles. The van der Waals surface area contributed by atoms with Gasteiger partial charge in [-0.05, 0) is 42.8 Å². The molecule has 0 atom stereocenters. The van der Waals surface area contributed by atoms with Gasteiger partial charge in [0.2, 0.25) is 5.91 Å². The number of amides is 1. The molecule has 0 radical (unpaired) electrons. The van der Waals surface area contributed by atoms with Gasteiger partial charge in [0, 0.05) is 29.6 Å². The van der Waals surface area contributed by atoms with E-state index in [1.165, 1.54) is 0 Å². The van der Waals surface area contributed by atoms with Crippen molar-refractivity contribution >= 4 is 17.7 Å². The molecule has 4 aromatic rings. The van der Waals surface area contributed by atoms with Crippen molar-refractivity contribution in [3.63, 3.8) is 0 Å². The van der Waals surface area contributed by atoms with Gasteiger partial charge in [-0.15, -0.1) is 10.2 Å². The van der Waals surface area contributed by atoms with E-state index in [0.717, 1.165) is 45.8 Å². The van der Waals surface area contributed by atoms with Gasteiger partial charge in [-0.1, -0.05) is 48.2 Å². The van der Waals surface area contributed by atoms with E-state index >= 15 is 0 Å². The summed E-state index contributed by atoms with van der Waals surface area (Å²) in [4.78, 5) is 16.4. The number of para-hydroxylation sites is 1. The average Bonchev–Trinajstić information content (AvgIpc) is 3.30. The largest absolute Gasteiger partial charge is 0.497 e. The lowest BCUT2D eigenvalue weighted by Gasteiger charge is -2.11. The number of pyridine rings is 1. The Morgan fingerprint density at radius 2 is 1.88 bits per heavy atom. The first-order valence-corrected chi connectivity index (χ1v) is 11.7. The molecule has 0 aliphatic rings. The predicted octanol–water partition coefficient (Wildman–Crippen LogP) is 4.53. The van der Waals surface area contributed by atoms with Crippen molar-refractivity contribution in [3.05, 3.63) is 84.7 Å². The van der Waals surface area contributed by atoms with Crippen LogP contribution in [-0.4, -0.2) is 38.5 Å². The van der Waals surface area contributed by atoms with Crippen molar-refractivity contribution in [2.75, 3.05) is 12.9 Å². The number of ether oxygens (including phenoxy) is 1. The number of nitrogens with zero attached hydrogens (tertiary/aromatic N) is 4. The van der Waals surface area contributed by atoms with E-state index in [0.29, 0.717) is 13.0 Å². The summed E-state index contributed by atoms with van der Waals surface area (Å²) in [6.45, 7) is 0.443. The summed E-state index contributed by atoms with van der Waals surface area (Å²) < 4.78 is 7.42. The highest BCUT2D eigenvalue weighted by atomic mass is 32.2. The molecule has 2 heterocycles. The Morgan fingerprint density at radius 3 is 2.67 bits per heavy atom. The van der Waals surface area contributed by atoms with Gasteiger partial charge in [0.05, 0.1) is 19.3 Å². The zero-order valence-electron chi connectivity index (χ0n) is 18.3. The van der Waals surface area contributed by atoms with Crippen LogP contribution in [0.4, 0.5) is 0 Å². The van der Waals surface area contributed by atoms with Crippen LogP contribution in [0.5, 0.6) is 5.75 Å². The second kappa shape index (κ2) is 11.3. The van der Waals surface area contributed by atoms with Gasteiger partial charge in [0.25, 0.3) is 0 Å². The molecular formula is C25H25N5O2S. The molecule has 168 valence electrons. The van der Waals surface area contributed by atoms with Gasteiger partial charge >= 0.3 is 0 Å². The highest BCUT2D eigenvalue weighted by Crippen LogP contribution is 2.30. The van der Waals surface area contributed by atoms with Gasteiger partial charge < -0.3 is 10.1 Å². The smallest absolute Gasteiger partial charge is 0.220 e. The first-order valence-electron chi connectivity index (χ1n) is 10.7. The molecule has 0 spiro atoms. The fourth-order valence-corrected chi connectivity index (χ4v) is 4.19. The van der Waals surface area contributed by atoms with Gasteiger partial charge in [-0.2, -0.15) is 0 Å². The van der Waals surface area contributed by atoms with Crippen LogP contribution in [0.15, 0.2) is 84.1 Å². The molecule has 0 fully saturated rings. The number of benzene rings is 2. The van der Waals surface area contributed by atoms with Crippen LogP contribution >= 0.6 is 11.8 Å². The number of carbonyl (C=O) groups is 1. The molecule has 4 rings (SSSR count). The van der Waals surface area contributed by atoms with Gasteiger partial charge in [0.1, 0.15) is 5.75 Å². The van der Waals surface area contributed by atoms with E-state index < -0.39 is 0 Å². The molecule has 0 aliphatic carbocycles. The summed E-state index contributed by atoms with van der Waals surface area (Å²) in [5.41, 5.74) is 2.75. The molecule has 0 unspecified atom stereocenters. The summed E-state index contributed by atoms with van der Waals surface area (Å²) in [5.74, 6) is 2.28. The normalized spacial score (nSPS) is 10.7. The Morgan fingerprint density at radius 1 is 1.03 bits per heavy atom. The standard InChI is InChI=1S/C25H25N5O2S/c1-32-22-13-7-9-19(17-22)24-28-29-25(30(24)21-11-3-2-4-12-21)33-16-8-14-23(31)27-18-20-10-5-6-15-26-20/h2-7,9-13,15,17H,8,14,16,18H2,1H3,(H,27,31). The third-order valence-electron chi connectivity index (χ3n) is 4.95. The zero-order chi connectivity index (χ0) is 22.9. The van der Waals surface area contributed by atoms with E-state index in [1.807, 2.05) is 77.4 Å². The van der Waals surface area contributed by atoms with Crippen LogP contribution in [0.25, 0.3) is 17.1 Å². The number of rotatable bonds is 10. The summed E-state index contributed by atoms with van der Waals surface area (Å²) in [5, 5.41) is 12.6. The number of hydrogen-bond acceptors (Lipinski definition) is 6. The zero-order valence-corrected chi connectivity index (χ0v) is 19.2. The monoisotopic (exact) mass is 459 g/mol. The van der Waals surface area contributed by atoms with E-state index in [-0.39, 0.29) is 5.91 Å².